The van der Waals surface area contributed by atoms with Crippen molar-refractivity contribution < 1.29 is 17.9 Å². The van der Waals surface area contributed by atoms with Crippen LogP contribution in [0.4, 0.5) is 0 Å². The van der Waals surface area contributed by atoms with E-state index in [2.05, 4.69) is 11.4 Å². The van der Waals surface area contributed by atoms with Crippen LogP contribution >= 0.6 is 11.3 Å². The zero-order chi connectivity index (χ0) is 20.3. The second-order valence-corrected chi connectivity index (χ2v) is 10.3. The van der Waals surface area contributed by atoms with Crippen molar-refractivity contribution in [3.8, 4) is 0 Å². The van der Waals surface area contributed by atoms with Crippen molar-refractivity contribution in [3.05, 3.63) is 52.2 Å². The second-order valence-electron chi connectivity index (χ2n) is 7.42. The molecule has 2 saturated heterocycles. The number of benzene rings is 1. The minimum absolute atomic E-state index is 0.172. The van der Waals surface area contributed by atoms with Gasteiger partial charge in [-0.15, -0.1) is 11.3 Å². The lowest BCUT2D eigenvalue weighted by Crippen LogP contribution is -2.40. The first-order valence-corrected chi connectivity index (χ1v) is 12.4. The van der Waals surface area contributed by atoms with E-state index in [0.717, 1.165) is 24.9 Å². The van der Waals surface area contributed by atoms with Crippen molar-refractivity contribution >= 4 is 27.3 Å². The van der Waals surface area contributed by atoms with E-state index in [4.69, 9.17) is 4.74 Å². The van der Waals surface area contributed by atoms with Crippen LogP contribution in [-0.4, -0.2) is 56.4 Å². The SMILES string of the molecule is O=C(CCc1ccc(S(=O)(=O)N2CCOCC2)cc1)N1CCC[C@H]1c1cccs1. The van der Waals surface area contributed by atoms with Crippen LogP contribution in [0.1, 0.15) is 35.7 Å². The molecule has 0 unspecified atom stereocenters. The zero-order valence-corrected chi connectivity index (χ0v) is 18.0. The molecule has 29 heavy (non-hydrogen) atoms. The van der Waals surface area contributed by atoms with E-state index < -0.39 is 10.0 Å². The molecule has 0 saturated carbocycles. The lowest BCUT2D eigenvalue weighted by Gasteiger charge is -2.26. The predicted molar refractivity (Wildman–Crippen MR) is 112 cm³/mol. The van der Waals surface area contributed by atoms with Crippen LogP contribution in [-0.2, 0) is 26.0 Å². The highest BCUT2D eigenvalue weighted by molar-refractivity contribution is 7.89. The van der Waals surface area contributed by atoms with Gasteiger partial charge in [0.1, 0.15) is 0 Å². The third-order valence-corrected chi connectivity index (χ3v) is 8.49. The number of sulfonamides is 1. The van der Waals surface area contributed by atoms with Gasteiger partial charge in [0.05, 0.1) is 24.2 Å². The van der Waals surface area contributed by atoms with Gasteiger partial charge in [0.2, 0.25) is 15.9 Å². The quantitative estimate of drug-likeness (QED) is 0.701. The van der Waals surface area contributed by atoms with E-state index in [1.54, 1.807) is 23.5 Å². The summed E-state index contributed by atoms with van der Waals surface area (Å²) in [6.07, 6.45) is 3.13. The molecule has 156 valence electrons. The molecule has 2 aromatic rings. The van der Waals surface area contributed by atoms with E-state index >= 15 is 0 Å². The van der Waals surface area contributed by atoms with Crippen LogP contribution in [0.15, 0.2) is 46.7 Å². The normalized spacial score (nSPS) is 20.8. The van der Waals surface area contributed by atoms with Crippen LogP contribution in [0, 0.1) is 0 Å². The Bertz CT molecular complexity index is 920. The maximum absolute atomic E-state index is 12.8. The Hall–Kier alpha value is -1.74. The smallest absolute Gasteiger partial charge is 0.243 e. The van der Waals surface area contributed by atoms with Crippen molar-refractivity contribution in [1.82, 2.24) is 9.21 Å². The van der Waals surface area contributed by atoms with Gasteiger partial charge in [-0.3, -0.25) is 4.79 Å². The van der Waals surface area contributed by atoms with Gasteiger partial charge >= 0.3 is 0 Å². The van der Waals surface area contributed by atoms with E-state index in [1.807, 2.05) is 23.1 Å². The van der Waals surface area contributed by atoms with Gasteiger partial charge in [0, 0.05) is 30.9 Å². The fraction of sp³-hybridized carbons (Fsp3) is 0.476. The zero-order valence-electron chi connectivity index (χ0n) is 16.3. The maximum Gasteiger partial charge on any atom is 0.243 e. The summed E-state index contributed by atoms with van der Waals surface area (Å²) in [4.78, 5) is 16.3. The lowest BCUT2D eigenvalue weighted by molar-refractivity contribution is -0.132. The van der Waals surface area contributed by atoms with Crippen LogP contribution in [0.3, 0.4) is 0 Å². The molecule has 2 aliphatic heterocycles. The minimum atomic E-state index is -3.48. The number of hydrogen-bond acceptors (Lipinski definition) is 5. The summed E-state index contributed by atoms with van der Waals surface area (Å²) in [7, 11) is -3.48. The number of aryl methyl sites for hydroxylation is 1. The number of likely N-dealkylation sites (tertiary alicyclic amines) is 1. The Balaban J connectivity index is 1.36. The summed E-state index contributed by atoms with van der Waals surface area (Å²) in [5.74, 6) is 0.172. The first-order valence-electron chi connectivity index (χ1n) is 10.1. The van der Waals surface area contributed by atoms with Crippen molar-refractivity contribution in [1.29, 1.82) is 0 Å². The summed E-state index contributed by atoms with van der Waals surface area (Å²) in [6, 6.07) is 11.3. The molecule has 1 aromatic heterocycles. The highest BCUT2D eigenvalue weighted by Gasteiger charge is 2.30. The van der Waals surface area contributed by atoms with Gasteiger partial charge < -0.3 is 9.64 Å². The average Bonchev–Trinajstić information content (AvgIpc) is 3.44. The molecular formula is C21H26N2O4S2. The Morgan fingerprint density at radius 1 is 1.10 bits per heavy atom. The number of rotatable bonds is 6. The number of thiophene rings is 1. The number of morpholine rings is 1. The molecule has 6 nitrogen and oxygen atoms in total. The summed E-state index contributed by atoms with van der Waals surface area (Å²) >= 11 is 1.71. The van der Waals surface area contributed by atoms with Gasteiger partial charge in [-0.1, -0.05) is 18.2 Å². The number of carbonyl (C=O) groups is 1. The van der Waals surface area contributed by atoms with Crippen LogP contribution in [0.25, 0.3) is 0 Å². The molecular weight excluding hydrogens is 408 g/mol. The standard InChI is InChI=1S/C21H26N2O4S2/c24-21(23-11-1-3-19(23)20-4-2-16-28-20)10-7-17-5-8-18(9-6-17)29(25,26)22-12-14-27-15-13-22/h2,4-6,8-9,16,19H,1,3,7,10-15H2/t19-/m0/s1. The molecule has 2 fully saturated rings. The Morgan fingerprint density at radius 2 is 1.86 bits per heavy atom. The Labute approximate surface area is 176 Å². The third-order valence-electron chi connectivity index (χ3n) is 5.60. The summed E-state index contributed by atoms with van der Waals surface area (Å²) < 4.78 is 32.1. The third kappa shape index (κ3) is 4.55. The number of hydrogen-bond donors (Lipinski definition) is 0. The molecule has 0 radical (unpaired) electrons. The number of ether oxygens (including phenoxy) is 1. The number of amides is 1. The lowest BCUT2D eigenvalue weighted by atomic mass is 10.1. The number of nitrogens with zero attached hydrogens (tertiary/aromatic N) is 2. The average molecular weight is 435 g/mol. The second kappa shape index (κ2) is 8.95. The summed E-state index contributed by atoms with van der Waals surface area (Å²) in [5, 5.41) is 2.06. The van der Waals surface area contributed by atoms with E-state index in [9.17, 15) is 13.2 Å². The molecule has 1 atom stereocenters. The van der Waals surface area contributed by atoms with Crippen molar-refractivity contribution in [2.45, 2.75) is 36.6 Å². The number of carbonyl (C=O) groups excluding carboxylic acids is 1. The van der Waals surface area contributed by atoms with Gasteiger partial charge in [0.15, 0.2) is 0 Å². The molecule has 0 spiro atoms. The molecule has 1 amide bonds. The highest BCUT2D eigenvalue weighted by atomic mass is 32.2. The molecule has 0 aliphatic carbocycles. The van der Waals surface area contributed by atoms with Crippen LogP contribution < -0.4 is 0 Å². The van der Waals surface area contributed by atoms with Crippen LogP contribution in [0.2, 0.25) is 0 Å². The molecule has 0 N–H and O–H groups in total. The largest absolute Gasteiger partial charge is 0.379 e. The molecule has 8 heteroatoms. The minimum Gasteiger partial charge on any atom is -0.379 e. The van der Waals surface area contributed by atoms with E-state index in [-0.39, 0.29) is 11.9 Å². The molecule has 1 aromatic carbocycles. The molecule has 3 heterocycles. The Morgan fingerprint density at radius 3 is 2.55 bits per heavy atom. The fourth-order valence-corrected chi connectivity index (χ4v) is 6.28. The topological polar surface area (TPSA) is 66.9 Å². The van der Waals surface area contributed by atoms with Crippen molar-refractivity contribution in [3.63, 3.8) is 0 Å². The monoisotopic (exact) mass is 434 g/mol. The van der Waals surface area contributed by atoms with Gasteiger partial charge in [-0.2, -0.15) is 4.31 Å². The van der Waals surface area contributed by atoms with Gasteiger partial charge in [0.25, 0.3) is 0 Å². The van der Waals surface area contributed by atoms with Gasteiger partial charge in [-0.05, 0) is 48.4 Å². The first kappa shape index (κ1) is 20.5. The van der Waals surface area contributed by atoms with E-state index in [1.165, 1.54) is 9.18 Å². The summed E-state index contributed by atoms with van der Waals surface area (Å²) in [5.41, 5.74) is 0.978. The van der Waals surface area contributed by atoms with E-state index in [0.29, 0.717) is 44.0 Å². The highest BCUT2D eigenvalue weighted by Crippen LogP contribution is 2.35. The maximum atomic E-state index is 12.8. The first-order chi connectivity index (χ1) is 14.1. The van der Waals surface area contributed by atoms with Crippen LogP contribution in [0.5, 0.6) is 0 Å². The van der Waals surface area contributed by atoms with Gasteiger partial charge in [-0.25, -0.2) is 8.42 Å². The van der Waals surface area contributed by atoms with Crippen molar-refractivity contribution in [2.24, 2.45) is 0 Å². The molecule has 4 rings (SSSR count). The summed E-state index contributed by atoms with van der Waals surface area (Å²) in [6.45, 7) is 2.46. The van der Waals surface area contributed by atoms with Crippen molar-refractivity contribution in [2.75, 3.05) is 32.8 Å². The Kier molecular flexibility index (Phi) is 6.34. The molecule has 2 aliphatic rings. The fourth-order valence-electron chi connectivity index (χ4n) is 4.00. The molecule has 0 bridgehead atoms. The predicted octanol–water partition coefficient (Wildman–Crippen LogP) is 3.07.